The zero-order chi connectivity index (χ0) is 14.0. The zero-order valence-corrected chi connectivity index (χ0v) is 13.6. The highest BCUT2D eigenvalue weighted by Crippen LogP contribution is 2.33. The summed E-state index contributed by atoms with van der Waals surface area (Å²) in [6.07, 6.45) is 1.28. The highest BCUT2D eigenvalue weighted by Gasteiger charge is 2.32. The van der Waals surface area contributed by atoms with Gasteiger partial charge in [0.05, 0.1) is 10.7 Å². The topological polar surface area (TPSA) is 37.4 Å². The molecule has 2 rings (SSSR count). The van der Waals surface area contributed by atoms with E-state index in [4.69, 9.17) is 23.2 Å². The van der Waals surface area contributed by atoms with Crippen molar-refractivity contribution in [1.29, 1.82) is 0 Å². The number of halogens is 2. The molecule has 1 fully saturated rings. The van der Waals surface area contributed by atoms with Gasteiger partial charge in [-0.1, -0.05) is 17.7 Å². The molecule has 1 aromatic carbocycles. The fraction of sp³-hybridized carbons (Fsp3) is 0.500. The van der Waals surface area contributed by atoms with Gasteiger partial charge in [0.15, 0.2) is 9.84 Å². The molecule has 1 unspecified atom stereocenters. The average Bonchev–Trinajstić information content (AvgIpc) is 2.37. The summed E-state index contributed by atoms with van der Waals surface area (Å²) in [4.78, 5) is 1.88. The second-order valence-corrected chi connectivity index (χ2v) is 8.50. The lowest BCUT2D eigenvalue weighted by Crippen LogP contribution is -2.47. The van der Waals surface area contributed by atoms with Crippen molar-refractivity contribution in [2.24, 2.45) is 0 Å². The van der Waals surface area contributed by atoms with Gasteiger partial charge in [-0.2, -0.15) is 11.8 Å². The molecule has 3 nitrogen and oxygen atoms in total. The number of anilines is 1. The van der Waals surface area contributed by atoms with E-state index in [9.17, 15) is 8.42 Å². The molecular weight excluding hydrogens is 325 g/mol. The fourth-order valence-corrected chi connectivity index (χ4v) is 5.39. The number of alkyl halides is 1. The minimum absolute atomic E-state index is 0.394. The van der Waals surface area contributed by atoms with Gasteiger partial charge in [-0.25, -0.2) is 8.42 Å². The zero-order valence-electron chi connectivity index (χ0n) is 10.5. The van der Waals surface area contributed by atoms with Crippen LogP contribution >= 0.6 is 35.0 Å². The van der Waals surface area contributed by atoms with E-state index in [1.807, 2.05) is 17.0 Å². The number of benzene rings is 1. The van der Waals surface area contributed by atoms with E-state index in [0.29, 0.717) is 23.2 Å². The van der Waals surface area contributed by atoms with Crippen LogP contribution in [0.2, 0.25) is 5.02 Å². The summed E-state index contributed by atoms with van der Waals surface area (Å²) in [5.74, 6) is 1.87. The maximum atomic E-state index is 11.9. The van der Waals surface area contributed by atoms with E-state index in [1.54, 1.807) is 17.8 Å². The second kappa shape index (κ2) is 6.12. The predicted molar refractivity (Wildman–Crippen MR) is 84.3 cm³/mol. The van der Waals surface area contributed by atoms with Gasteiger partial charge in [0.25, 0.3) is 0 Å². The molecule has 0 spiro atoms. The number of thioether (sulfide) groups is 1. The van der Waals surface area contributed by atoms with Crippen molar-refractivity contribution in [2.75, 3.05) is 29.2 Å². The van der Waals surface area contributed by atoms with Crippen LogP contribution in [0.5, 0.6) is 0 Å². The Morgan fingerprint density at radius 3 is 2.79 bits per heavy atom. The summed E-state index contributed by atoms with van der Waals surface area (Å²) < 4.78 is 23.8. The SMILES string of the molecule is CS(=O)(=O)C1CSCCN1c1ccc(CCl)cc1Cl. The molecule has 1 saturated heterocycles. The van der Waals surface area contributed by atoms with Crippen molar-refractivity contribution in [3.8, 4) is 0 Å². The minimum Gasteiger partial charge on any atom is -0.352 e. The Kier molecular flexibility index (Phi) is 4.93. The molecule has 1 aliphatic rings. The standard InChI is InChI=1S/C12H15Cl2NO2S2/c1-19(16,17)12-8-18-5-4-15(12)11-3-2-9(7-13)6-10(11)14/h2-3,6,12H,4-5,7-8H2,1H3. The van der Waals surface area contributed by atoms with Gasteiger partial charge in [-0.3, -0.25) is 0 Å². The first-order valence-corrected chi connectivity index (χ1v) is 9.83. The summed E-state index contributed by atoms with van der Waals surface area (Å²) in [7, 11) is -3.14. The molecule has 0 aromatic heterocycles. The number of sulfone groups is 1. The lowest BCUT2D eigenvalue weighted by Gasteiger charge is -2.36. The van der Waals surface area contributed by atoms with Gasteiger partial charge in [-0.05, 0) is 17.7 Å². The van der Waals surface area contributed by atoms with Crippen molar-refractivity contribution in [3.05, 3.63) is 28.8 Å². The Hall–Kier alpha value is -0.100. The van der Waals surface area contributed by atoms with E-state index in [0.717, 1.165) is 17.0 Å². The molecule has 0 aliphatic carbocycles. The fourth-order valence-electron chi connectivity index (χ4n) is 2.08. The summed E-state index contributed by atoms with van der Waals surface area (Å²) >= 11 is 13.7. The van der Waals surface area contributed by atoms with Crippen molar-refractivity contribution in [2.45, 2.75) is 11.3 Å². The predicted octanol–water partition coefficient (Wildman–Crippen LogP) is 3.00. The van der Waals surface area contributed by atoms with Crippen LogP contribution in [0.4, 0.5) is 5.69 Å². The van der Waals surface area contributed by atoms with E-state index >= 15 is 0 Å². The second-order valence-electron chi connectivity index (χ2n) is 4.47. The van der Waals surface area contributed by atoms with Gasteiger partial charge < -0.3 is 4.90 Å². The molecule has 1 atom stereocenters. The van der Waals surface area contributed by atoms with Crippen LogP contribution in [-0.2, 0) is 15.7 Å². The quantitative estimate of drug-likeness (QED) is 0.793. The van der Waals surface area contributed by atoms with E-state index < -0.39 is 15.2 Å². The smallest absolute Gasteiger partial charge is 0.169 e. The summed E-state index contributed by atoms with van der Waals surface area (Å²) in [6.45, 7) is 0.683. The third-order valence-electron chi connectivity index (χ3n) is 3.05. The van der Waals surface area contributed by atoms with Crippen LogP contribution in [0.25, 0.3) is 0 Å². The van der Waals surface area contributed by atoms with Crippen LogP contribution in [-0.4, -0.2) is 38.1 Å². The average molecular weight is 340 g/mol. The molecular formula is C12H15Cl2NO2S2. The molecule has 7 heteroatoms. The Labute approximate surface area is 128 Å². The highest BCUT2D eigenvalue weighted by atomic mass is 35.5. The Balaban J connectivity index is 2.38. The monoisotopic (exact) mass is 339 g/mol. The number of hydrogen-bond donors (Lipinski definition) is 0. The number of rotatable bonds is 3. The lowest BCUT2D eigenvalue weighted by molar-refractivity contribution is 0.584. The first-order valence-electron chi connectivity index (χ1n) is 5.81. The molecule has 1 aliphatic heterocycles. The van der Waals surface area contributed by atoms with Crippen LogP contribution in [0.15, 0.2) is 18.2 Å². The largest absolute Gasteiger partial charge is 0.352 e. The summed E-state index contributed by atoms with van der Waals surface area (Å²) in [5.41, 5.74) is 1.70. The normalized spacial score (nSPS) is 20.6. The van der Waals surface area contributed by atoms with Crippen molar-refractivity contribution >= 4 is 50.5 Å². The lowest BCUT2D eigenvalue weighted by atomic mass is 10.2. The number of hydrogen-bond acceptors (Lipinski definition) is 4. The number of nitrogens with zero attached hydrogens (tertiary/aromatic N) is 1. The molecule has 0 bridgehead atoms. The highest BCUT2D eigenvalue weighted by molar-refractivity contribution is 8.01. The van der Waals surface area contributed by atoms with Crippen LogP contribution in [0.1, 0.15) is 5.56 Å². The Morgan fingerprint density at radius 2 is 2.21 bits per heavy atom. The molecule has 0 saturated carbocycles. The van der Waals surface area contributed by atoms with Crippen molar-refractivity contribution in [3.63, 3.8) is 0 Å². The van der Waals surface area contributed by atoms with Crippen molar-refractivity contribution in [1.82, 2.24) is 0 Å². The first kappa shape index (κ1) is 15.3. The maximum Gasteiger partial charge on any atom is 0.169 e. The first-order chi connectivity index (χ1) is 8.93. The summed E-state index contributed by atoms with van der Waals surface area (Å²) in [6, 6.07) is 5.54. The van der Waals surface area contributed by atoms with Gasteiger partial charge in [0.1, 0.15) is 5.37 Å². The molecule has 0 amide bonds. The van der Waals surface area contributed by atoms with Crippen LogP contribution in [0, 0.1) is 0 Å². The van der Waals surface area contributed by atoms with Gasteiger partial charge in [0.2, 0.25) is 0 Å². The van der Waals surface area contributed by atoms with E-state index in [-0.39, 0.29) is 0 Å². The minimum atomic E-state index is -3.14. The molecule has 19 heavy (non-hydrogen) atoms. The summed E-state index contributed by atoms with van der Waals surface area (Å²) in [5, 5.41) is 0.0456. The molecule has 1 heterocycles. The molecule has 106 valence electrons. The van der Waals surface area contributed by atoms with Crippen LogP contribution in [0.3, 0.4) is 0 Å². The van der Waals surface area contributed by atoms with Gasteiger partial charge in [0, 0.05) is 30.2 Å². The van der Waals surface area contributed by atoms with E-state index in [1.165, 1.54) is 6.26 Å². The van der Waals surface area contributed by atoms with Gasteiger partial charge in [-0.15, -0.1) is 11.6 Å². The third-order valence-corrected chi connectivity index (χ3v) is 6.31. The maximum absolute atomic E-state index is 11.9. The van der Waals surface area contributed by atoms with E-state index in [2.05, 4.69) is 0 Å². The van der Waals surface area contributed by atoms with Crippen molar-refractivity contribution < 1.29 is 8.42 Å². The Bertz CT molecular complexity index is 563. The molecule has 0 radical (unpaired) electrons. The Morgan fingerprint density at radius 1 is 1.47 bits per heavy atom. The van der Waals surface area contributed by atoms with Crippen LogP contribution < -0.4 is 4.90 Å². The van der Waals surface area contributed by atoms with Gasteiger partial charge >= 0.3 is 0 Å². The third kappa shape index (κ3) is 3.51. The molecule has 0 N–H and O–H groups in total. The molecule has 1 aromatic rings.